The zero-order valence-corrected chi connectivity index (χ0v) is 12.9. The number of H-pyrrole nitrogens is 1. The van der Waals surface area contributed by atoms with Gasteiger partial charge >= 0.3 is 0 Å². The molecular weight excluding hydrogens is 262 g/mol. The average Bonchev–Trinajstić information content (AvgIpc) is 2.40. The second-order valence-electron chi connectivity index (χ2n) is 5.81. The predicted molar refractivity (Wildman–Crippen MR) is 85.4 cm³/mol. The zero-order chi connectivity index (χ0) is 15.2. The van der Waals surface area contributed by atoms with Crippen LogP contribution in [0.25, 0.3) is 0 Å². The molecule has 0 aliphatic carbocycles. The van der Waals surface area contributed by atoms with Crippen molar-refractivity contribution in [1.29, 1.82) is 0 Å². The first-order valence-electron chi connectivity index (χ1n) is 7.39. The highest BCUT2D eigenvalue weighted by Crippen LogP contribution is 2.10. The maximum absolute atomic E-state index is 11.8. The Hall–Kier alpha value is -1.94. The summed E-state index contributed by atoms with van der Waals surface area (Å²) in [7, 11) is 0. The monoisotopic (exact) mass is 285 g/mol. The van der Waals surface area contributed by atoms with E-state index >= 15 is 0 Å². The van der Waals surface area contributed by atoms with Crippen molar-refractivity contribution in [2.24, 2.45) is 5.92 Å². The van der Waals surface area contributed by atoms with Gasteiger partial charge in [-0.3, -0.25) is 4.79 Å². The molecule has 0 saturated carbocycles. The van der Waals surface area contributed by atoms with E-state index in [1.165, 1.54) is 11.1 Å². The Morgan fingerprint density at radius 2 is 2.05 bits per heavy atom. The van der Waals surface area contributed by atoms with Crippen molar-refractivity contribution >= 4 is 0 Å². The van der Waals surface area contributed by atoms with Crippen molar-refractivity contribution in [2.75, 3.05) is 6.54 Å². The molecule has 21 heavy (non-hydrogen) atoms. The maximum Gasteiger partial charge on any atom is 0.251 e. The van der Waals surface area contributed by atoms with Crippen molar-refractivity contribution in [3.63, 3.8) is 0 Å². The van der Waals surface area contributed by atoms with E-state index in [4.69, 9.17) is 0 Å². The molecule has 0 amide bonds. The Morgan fingerprint density at radius 3 is 2.76 bits per heavy atom. The molecule has 112 valence electrons. The fourth-order valence-corrected chi connectivity index (χ4v) is 2.22. The van der Waals surface area contributed by atoms with Gasteiger partial charge in [-0.05, 0) is 30.5 Å². The molecule has 0 spiro atoms. The molecule has 2 aromatic rings. The Balaban J connectivity index is 2.12. The first-order chi connectivity index (χ1) is 10.0. The fraction of sp³-hybridized carbons (Fsp3) is 0.412. The molecule has 0 atom stereocenters. The number of aryl methyl sites for hydroxylation is 1. The van der Waals surface area contributed by atoms with Crippen LogP contribution in [0.1, 0.15) is 36.5 Å². The van der Waals surface area contributed by atoms with E-state index in [0.29, 0.717) is 18.9 Å². The summed E-state index contributed by atoms with van der Waals surface area (Å²) in [5.74, 6) is 1.30. The van der Waals surface area contributed by atoms with E-state index < -0.39 is 0 Å². The Labute approximate surface area is 125 Å². The van der Waals surface area contributed by atoms with E-state index in [1.54, 1.807) is 6.07 Å². The van der Waals surface area contributed by atoms with Gasteiger partial charge in [0.1, 0.15) is 5.82 Å². The second kappa shape index (κ2) is 7.18. The van der Waals surface area contributed by atoms with Gasteiger partial charge in [0.15, 0.2) is 0 Å². The number of nitrogens with zero attached hydrogens (tertiary/aromatic N) is 1. The maximum atomic E-state index is 11.8. The Morgan fingerprint density at radius 1 is 1.29 bits per heavy atom. The van der Waals surface area contributed by atoms with Crippen LogP contribution in [0, 0.1) is 12.8 Å². The van der Waals surface area contributed by atoms with Crippen LogP contribution in [0.15, 0.2) is 35.1 Å². The fourth-order valence-electron chi connectivity index (χ4n) is 2.22. The molecule has 0 aliphatic rings. The molecule has 1 aromatic heterocycles. The standard InChI is InChI=1S/C17H23N3O/c1-12(2)10-18-11-15-9-17(21)20-16(19-15)8-14-7-5-4-6-13(14)3/h4-7,9,12,18H,8,10-11H2,1-3H3,(H,19,20,21). The number of rotatable bonds is 6. The number of hydrogen-bond donors (Lipinski definition) is 2. The SMILES string of the molecule is Cc1ccccc1Cc1nc(CNCC(C)C)cc(=O)[nH]1. The van der Waals surface area contributed by atoms with Crippen molar-refractivity contribution in [1.82, 2.24) is 15.3 Å². The normalized spacial score (nSPS) is 11.0. The van der Waals surface area contributed by atoms with Gasteiger partial charge in [-0.1, -0.05) is 38.1 Å². The van der Waals surface area contributed by atoms with E-state index in [2.05, 4.69) is 48.2 Å². The lowest BCUT2D eigenvalue weighted by atomic mass is 10.1. The summed E-state index contributed by atoms with van der Waals surface area (Å²) < 4.78 is 0. The molecule has 0 aliphatic heterocycles. The minimum atomic E-state index is -0.0880. The van der Waals surface area contributed by atoms with Crippen LogP contribution in [0.5, 0.6) is 0 Å². The van der Waals surface area contributed by atoms with Crippen LogP contribution >= 0.6 is 0 Å². The molecular formula is C17H23N3O. The third-order valence-electron chi connectivity index (χ3n) is 3.32. The van der Waals surface area contributed by atoms with Crippen LogP contribution in [-0.4, -0.2) is 16.5 Å². The van der Waals surface area contributed by atoms with Gasteiger partial charge in [0.25, 0.3) is 5.56 Å². The summed E-state index contributed by atoms with van der Waals surface area (Å²) in [4.78, 5) is 19.1. The smallest absolute Gasteiger partial charge is 0.251 e. The first-order valence-corrected chi connectivity index (χ1v) is 7.39. The van der Waals surface area contributed by atoms with Gasteiger partial charge in [-0.15, -0.1) is 0 Å². The molecule has 4 heteroatoms. The third-order valence-corrected chi connectivity index (χ3v) is 3.32. The van der Waals surface area contributed by atoms with E-state index in [-0.39, 0.29) is 5.56 Å². The number of benzene rings is 1. The van der Waals surface area contributed by atoms with Crippen molar-refractivity contribution < 1.29 is 0 Å². The predicted octanol–water partition coefficient (Wildman–Crippen LogP) is 2.41. The van der Waals surface area contributed by atoms with Crippen LogP contribution in [0.3, 0.4) is 0 Å². The molecule has 0 fully saturated rings. The summed E-state index contributed by atoms with van der Waals surface area (Å²) in [6, 6.07) is 9.73. The highest BCUT2D eigenvalue weighted by molar-refractivity contribution is 5.28. The topological polar surface area (TPSA) is 57.8 Å². The number of hydrogen-bond acceptors (Lipinski definition) is 3. The number of nitrogens with one attached hydrogen (secondary N) is 2. The van der Waals surface area contributed by atoms with Crippen LogP contribution < -0.4 is 10.9 Å². The molecule has 0 radical (unpaired) electrons. The molecule has 2 N–H and O–H groups in total. The van der Waals surface area contributed by atoms with E-state index in [1.807, 2.05) is 12.1 Å². The lowest BCUT2D eigenvalue weighted by Crippen LogP contribution is -2.22. The summed E-state index contributed by atoms with van der Waals surface area (Å²) in [5.41, 5.74) is 3.11. The largest absolute Gasteiger partial charge is 0.311 e. The zero-order valence-electron chi connectivity index (χ0n) is 12.9. The van der Waals surface area contributed by atoms with Crippen LogP contribution in [0.2, 0.25) is 0 Å². The summed E-state index contributed by atoms with van der Waals surface area (Å²) in [6.07, 6.45) is 0.653. The lowest BCUT2D eigenvalue weighted by molar-refractivity contribution is 0.546. The quantitative estimate of drug-likeness (QED) is 0.857. The van der Waals surface area contributed by atoms with Gasteiger partial charge in [-0.2, -0.15) is 0 Å². The minimum absolute atomic E-state index is 0.0880. The lowest BCUT2D eigenvalue weighted by Gasteiger charge is -2.09. The van der Waals surface area contributed by atoms with E-state index in [0.717, 1.165) is 18.1 Å². The minimum Gasteiger partial charge on any atom is -0.311 e. The molecule has 1 aromatic carbocycles. The third kappa shape index (κ3) is 4.83. The number of aromatic nitrogens is 2. The van der Waals surface area contributed by atoms with Gasteiger partial charge in [-0.25, -0.2) is 4.98 Å². The summed E-state index contributed by atoms with van der Waals surface area (Å²) in [5, 5.41) is 3.32. The average molecular weight is 285 g/mol. The number of aromatic amines is 1. The van der Waals surface area contributed by atoms with Crippen LogP contribution in [0.4, 0.5) is 0 Å². The van der Waals surface area contributed by atoms with Gasteiger partial charge in [0.05, 0.1) is 5.69 Å². The summed E-state index contributed by atoms with van der Waals surface area (Å²) in [6.45, 7) is 7.93. The van der Waals surface area contributed by atoms with Crippen molar-refractivity contribution in [2.45, 2.75) is 33.7 Å². The molecule has 0 unspecified atom stereocenters. The Bertz CT molecular complexity index is 646. The molecule has 1 heterocycles. The van der Waals surface area contributed by atoms with Crippen molar-refractivity contribution in [3.05, 3.63) is 63.3 Å². The van der Waals surface area contributed by atoms with Gasteiger partial charge < -0.3 is 10.3 Å². The summed E-state index contributed by atoms with van der Waals surface area (Å²) >= 11 is 0. The molecule has 0 bridgehead atoms. The molecule has 4 nitrogen and oxygen atoms in total. The van der Waals surface area contributed by atoms with E-state index in [9.17, 15) is 4.79 Å². The van der Waals surface area contributed by atoms with Gasteiger partial charge in [0, 0.05) is 19.0 Å². The van der Waals surface area contributed by atoms with Crippen LogP contribution in [-0.2, 0) is 13.0 Å². The Kier molecular flexibility index (Phi) is 5.28. The first kappa shape index (κ1) is 15.4. The van der Waals surface area contributed by atoms with Gasteiger partial charge in [0.2, 0.25) is 0 Å². The van der Waals surface area contributed by atoms with Crippen molar-refractivity contribution in [3.8, 4) is 0 Å². The highest BCUT2D eigenvalue weighted by Gasteiger charge is 2.05. The second-order valence-corrected chi connectivity index (χ2v) is 5.81. The molecule has 2 rings (SSSR count). The highest BCUT2D eigenvalue weighted by atomic mass is 16.1. The molecule has 0 saturated heterocycles.